The van der Waals surface area contributed by atoms with E-state index in [1.807, 2.05) is 18.2 Å². The molecule has 5 heteroatoms. The molecule has 1 aromatic carbocycles. The van der Waals surface area contributed by atoms with E-state index in [1.165, 1.54) is 0 Å². The lowest BCUT2D eigenvalue weighted by molar-refractivity contribution is 0.0788. The number of benzene rings is 1. The topological polar surface area (TPSA) is 48.7 Å². The van der Waals surface area contributed by atoms with Crippen LogP contribution in [0, 0.1) is 11.3 Å². The fourth-order valence-electron chi connectivity index (χ4n) is 2.90. The van der Waals surface area contributed by atoms with Crippen LogP contribution < -0.4 is 9.47 Å². The molecule has 2 unspecified atom stereocenters. The molecule has 0 radical (unpaired) electrons. The third-order valence-electron chi connectivity index (χ3n) is 4.07. The average Bonchev–Trinajstić information content (AvgIpc) is 2.50. The first-order chi connectivity index (χ1) is 10.1. The number of likely N-dealkylation sites (N-methyl/N-ethyl adjacent to an activating group) is 1. The molecule has 1 aromatic rings. The van der Waals surface area contributed by atoms with Crippen molar-refractivity contribution in [3.8, 4) is 17.6 Å². The van der Waals surface area contributed by atoms with Crippen LogP contribution in [0.25, 0.3) is 0 Å². The molecular weight excluding hydrogens is 266 g/mol. The molecule has 0 N–H and O–H groups in total. The first-order valence-electron chi connectivity index (χ1n) is 7.16. The molecule has 0 spiro atoms. The molecule has 1 aliphatic rings. The van der Waals surface area contributed by atoms with Gasteiger partial charge in [-0.3, -0.25) is 4.90 Å². The Balaban J connectivity index is 2.31. The van der Waals surface area contributed by atoms with Gasteiger partial charge >= 0.3 is 0 Å². The molecule has 1 saturated heterocycles. The quantitative estimate of drug-likeness (QED) is 0.847. The van der Waals surface area contributed by atoms with Crippen LogP contribution in [-0.2, 0) is 0 Å². The summed E-state index contributed by atoms with van der Waals surface area (Å²) in [6, 6.07) is 8.11. The van der Waals surface area contributed by atoms with Crippen LogP contribution in [0.15, 0.2) is 18.2 Å². The van der Waals surface area contributed by atoms with Crippen LogP contribution in [0.5, 0.6) is 11.5 Å². The Kier molecular flexibility index (Phi) is 5.05. The van der Waals surface area contributed by atoms with Gasteiger partial charge < -0.3 is 14.4 Å². The predicted octanol–water partition coefficient (Wildman–Crippen LogP) is 1.90. The lowest BCUT2D eigenvalue weighted by Crippen LogP contribution is -2.51. The van der Waals surface area contributed by atoms with E-state index in [-0.39, 0.29) is 6.04 Å². The minimum absolute atomic E-state index is 0.297. The van der Waals surface area contributed by atoms with E-state index in [0.717, 1.165) is 30.9 Å². The Morgan fingerprint density at radius 3 is 2.62 bits per heavy atom. The Bertz CT molecular complexity index is 527. The molecule has 2 atom stereocenters. The van der Waals surface area contributed by atoms with Gasteiger partial charge in [-0.15, -0.1) is 0 Å². The van der Waals surface area contributed by atoms with Gasteiger partial charge in [-0.25, -0.2) is 0 Å². The maximum atomic E-state index is 9.67. The number of nitriles is 1. The molecule has 0 saturated carbocycles. The van der Waals surface area contributed by atoms with E-state index >= 15 is 0 Å². The Morgan fingerprint density at radius 2 is 2.05 bits per heavy atom. The predicted molar refractivity (Wildman–Crippen MR) is 81.6 cm³/mol. The second-order valence-corrected chi connectivity index (χ2v) is 5.49. The SMILES string of the molecule is COc1ccc(C(C#N)N2CCN(C)CC2C)c(OC)c1. The molecule has 21 heavy (non-hydrogen) atoms. The van der Waals surface area contributed by atoms with Gasteiger partial charge in [0.1, 0.15) is 17.5 Å². The summed E-state index contributed by atoms with van der Waals surface area (Å²) in [5, 5.41) is 9.67. The summed E-state index contributed by atoms with van der Waals surface area (Å²) >= 11 is 0. The van der Waals surface area contributed by atoms with E-state index in [2.05, 4.69) is 29.8 Å². The van der Waals surface area contributed by atoms with Crippen LogP contribution in [-0.4, -0.2) is 56.7 Å². The zero-order valence-electron chi connectivity index (χ0n) is 13.2. The van der Waals surface area contributed by atoms with Crippen LogP contribution >= 0.6 is 0 Å². The van der Waals surface area contributed by atoms with E-state index in [4.69, 9.17) is 9.47 Å². The highest BCUT2D eigenvalue weighted by atomic mass is 16.5. The van der Waals surface area contributed by atoms with Crippen LogP contribution in [0.3, 0.4) is 0 Å². The van der Waals surface area contributed by atoms with E-state index < -0.39 is 0 Å². The van der Waals surface area contributed by atoms with E-state index in [0.29, 0.717) is 11.8 Å². The summed E-state index contributed by atoms with van der Waals surface area (Å²) < 4.78 is 10.7. The van der Waals surface area contributed by atoms with Crippen molar-refractivity contribution in [1.29, 1.82) is 5.26 Å². The van der Waals surface area contributed by atoms with Gasteiger partial charge in [0.2, 0.25) is 0 Å². The number of rotatable bonds is 4. The van der Waals surface area contributed by atoms with Crippen molar-refractivity contribution >= 4 is 0 Å². The van der Waals surface area contributed by atoms with Crippen molar-refractivity contribution in [2.75, 3.05) is 40.9 Å². The van der Waals surface area contributed by atoms with E-state index in [9.17, 15) is 5.26 Å². The average molecular weight is 289 g/mol. The highest BCUT2D eigenvalue weighted by Crippen LogP contribution is 2.33. The highest BCUT2D eigenvalue weighted by Gasteiger charge is 2.30. The standard InChI is InChI=1S/C16H23N3O2/c1-12-11-18(2)7-8-19(12)15(10-17)14-6-5-13(20-3)9-16(14)21-4/h5-6,9,12,15H,7-8,11H2,1-4H3. The van der Waals surface area contributed by atoms with Crippen molar-refractivity contribution in [1.82, 2.24) is 9.80 Å². The lowest BCUT2D eigenvalue weighted by Gasteiger charge is -2.40. The molecule has 1 fully saturated rings. The van der Waals surface area contributed by atoms with Gasteiger partial charge in [0.15, 0.2) is 0 Å². The summed E-state index contributed by atoms with van der Waals surface area (Å²) in [4.78, 5) is 4.53. The first kappa shape index (κ1) is 15.6. The molecule has 2 rings (SSSR count). The van der Waals surface area contributed by atoms with Gasteiger partial charge in [0, 0.05) is 37.3 Å². The fourth-order valence-corrected chi connectivity index (χ4v) is 2.90. The molecular formula is C16H23N3O2. The fraction of sp³-hybridized carbons (Fsp3) is 0.562. The number of hydrogen-bond donors (Lipinski definition) is 0. The zero-order valence-corrected chi connectivity index (χ0v) is 13.2. The maximum Gasteiger partial charge on any atom is 0.128 e. The molecule has 0 aromatic heterocycles. The highest BCUT2D eigenvalue weighted by molar-refractivity contribution is 5.44. The maximum absolute atomic E-state index is 9.67. The summed E-state index contributed by atoms with van der Waals surface area (Å²) in [5.74, 6) is 1.44. The zero-order chi connectivity index (χ0) is 15.4. The third-order valence-corrected chi connectivity index (χ3v) is 4.07. The summed E-state index contributed by atoms with van der Waals surface area (Å²) in [6.45, 7) is 4.98. The van der Waals surface area contributed by atoms with E-state index in [1.54, 1.807) is 14.2 Å². The number of hydrogen-bond acceptors (Lipinski definition) is 5. The molecule has 0 amide bonds. The first-order valence-corrected chi connectivity index (χ1v) is 7.16. The molecule has 1 heterocycles. The van der Waals surface area contributed by atoms with Gasteiger partial charge in [-0.2, -0.15) is 5.26 Å². The van der Waals surface area contributed by atoms with Crippen LogP contribution in [0.2, 0.25) is 0 Å². The normalized spacial score (nSPS) is 21.6. The monoisotopic (exact) mass is 289 g/mol. The second-order valence-electron chi connectivity index (χ2n) is 5.49. The van der Waals surface area contributed by atoms with Gasteiger partial charge in [0.25, 0.3) is 0 Å². The molecule has 5 nitrogen and oxygen atoms in total. The molecule has 1 aliphatic heterocycles. The van der Waals surface area contributed by atoms with Gasteiger partial charge in [-0.1, -0.05) is 0 Å². The van der Waals surface area contributed by atoms with Crippen molar-refractivity contribution in [2.24, 2.45) is 0 Å². The van der Waals surface area contributed by atoms with Crippen LogP contribution in [0.1, 0.15) is 18.5 Å². The number of nitrogens with zero attached hydrogens (tertiary/aromatic N) is 3. The number of methoxy groups -OCH3 is 2. The Labute approximate surface area is 126 Å². The summed E-state index contributed by atoms with van der Waals surface area (Å²) in [7, 11) is 5.36. The van der Waals surface area contributed by atoms with Crippen molar-refractivity contribution < 1.29 is 9.47 Å². The molecule has 114 valence electrons. The number of piperazine rings is 1. The molecule has 0 aliphatic carbocycles. The van der Waals surface area contributed by atoms with Crippen molar-refractivity contribution in [2.45, 2.75) is 19.0 Å². The van der Waals surface area contributed by atoms with Gasteiger partial charge in [-0.05, 0) is 26.1 Å². The number of ether oxygens (including phenoxy) is 2. The third kappa shape index (κ3) is 3.29. The Hall–Kier alpha value is -1.77. The summed E-state index contributed by atoms with van der Waals surface area (Å²) in [6.07, 6.45) is 0. The summed E-state index contributed by atoms with van der Waals surface area (Å²) in [5.41, 5.74) is 0.900. The van der Waals surface area contributed by atoms with Gasteiger partial charge in [0.05, 0.1) is 20.3 Å². The van der Waals surface area contributed by atoms with Crippen molar-refractivity contribution in [3.05, 3.63) is 23.8 Å². The van der Waals surface area contributed by atoms with Crippen molar-refractivity contribution in [3.63, 3.8) is 0 Å². The minimum atomic E-state index is -0.297. The lowest BCUT2D eigenvalue weighted by atomic mass is 10.0. The largest absolute Gasteiger partial charge is 0.497 e. The van der Waals surface area contributed by atoms with Crippen LogP contribution in [0.4, 0.5) is 0 Å². The molecule has 0 bridgehead atoms. The second kappa shape index (κ2) is 6.79. The minimum Gasteiger partial charge on any atom is -0.497 e. The smallest absolute Gasteiger partial charge is 0.128 e. The Morgan fingerprint density at radius 1 is 1.29 bits per heavy atom.